The third-order valence-electron chi connectivity index (χ3n) is 4.93. The molecule has 1 fully saturated rings. The Morgan fingerprint density at radius 2 is 2.15 bits per heavy atom. The van der Waals surface area contributed by atoms with Gasteiger partial charge < -0.3 is 24.8 Å². The van der Waals surface area contributed by atoms with Crippen LogP contribution in [0.15, 0.2) is 18.3 Å². The summed E-state index contributed by atoms with van der Waals surface area (Å²) in [6.07, 6.45) is -5.73. The van der Waals surface area contributed by atoms with Gasteiger partial charge in [-0.3, -0.25) is 9.50 Å². The van der Waals surface area contributed by atoms with Crippen LogP contribution in [0.5, 0.6) is 0 Å². The summed E-state index contributed by atoms with van der Waals surface area (Å²) in [5, 5.41) is 12.1. The Hall–Kier alpha value is -3.39. The largest absolute Gasteiger partial charge is 0.441 e. The Bertz CT molecular complexity index is 1150. The zero-order valence-electron chi connectivity index (χ0n) is 18.6. The van der Waals surface area contributed by atoms with Gasteiger partial charge in [-0.15, -0.1) is 0 Å². The summed E-state index contributed by atoms with van der Waals surface area (Å²) >= 11 is 0. The second-order valence-electron chi connectivity index (χ2n) is 7.97. The number of carbonyl (C=O) groups is 1. The van der Waals surface area contributed by atoms with Crippen LogP contribution in [-0.4, -0.2) is 62.7 Å². The molecule has 1 saturated heterocycles. The van der Waals surface area contributed by atoms with Crippen molar-refractivity contribution in [2.45, 2.75) is 51.3 Å². The highest BCUT2D eigenvalue weighted by molar-refractivity contribution is 5.67. The second kappa shape index (κ2) is 9.85. The van der Waals surface area contributed by atoms with Gasteiger partial charge in [0.15, 0.2) is 18.1 Å². The lowest BCUT2D eigenvalue weighted by Crippen LogP contribution is -2.36. The number of H-pyrrole nitrogens is 1. The molecule has 3 N–H and O–H groups in total. The Morgan fingerprint density at radius 3 is 2.85 bits per heavy atom. The molecular weight excluding hydrogens is 459 g/mol. The molecule has 34 heavy (non-hydrogen) atoms. The molecule has 3 aromatic heterocycles. The molecule has 14 heteroatoms. The summed E-state index contributed by atoms with van der Waals surface area (Å²) in [5.74, 6) is 0.228. The van der Waals surface area contributed by atoms with Crippen LogP contribution in [0.2, 0.25) is 0 Å². The maximum Gasteiger partial charge on any atom is 0.407 e. The molecule has 184 valence electrons. The molecule has 0 radical (unpaired) electrons. The van der Waals surface area contributed by atoms with Crippen LogP contribution >= 0.6 is 0 Å². The zero-order valence-corrected chi connectivity index (χ0v) is 18.6. The van der Waals surface area contributed by atoms with E-state index in [-0.39, 0.29) is 42.4 Å². The van der Waals surface area contributed by atoms with E-state index in [0.29, 0.717) is 5.69 Å². The maximum atomic E-state index is 14.9. The number of rotatable bonds is 8. The Balaban J connectivity index is 1.51. The minimum atomic E-state index is -2.81. The average Bonchev–Trinajstić information content (AvgIpc) is 3.47. The van der Waals surface area contributed by atoms with E-state index in [4.69, 9.17) is 14.2 Å². The molecule has 11 nitrogen and oxygen atoms in total. The third kappa shape index (κ3) is 5.07. The minimum absolute atomic E-state index is 0.0383. The van der Waals surface area contributed by atoms with E-state index >= 15 is 0 Å². The highest BCUT2D eigenvalue weighted by atomic mass is 19.3. The van der Waals surface area contributed by atoms with E-state index in [0.717, 1.165) is 0 Å². The fraction of sp³-hybridized carbons (Fsp3) is 0.500. The first kappa shape index (κ1) is 23.8. The predicted molar refractivity (Wildman–Crippen MR) is 113 cm³/mol. The number of ether oxygens (including phenoxy) is 3. The number of amides is 1. The van der Waals surface area contributed by atoms with Crippen LogP contribution in [-0.2, 0) is 20.8 Å². The number of alkyl carbamates (subject to hydrolysis) is 1. The summed E-state index contributed by atoms with van der Waals surface area (Å²) in [4.78, 5) is 20.0. The zero-order chi connectivity index (χ0) is 24.4. The van der Waals surface area contributed by atoms with E-state index in [1.807, 2.05) is 0 Å². The number of halogens is 3. The van der Waals surface area contributed by atoms with E-state index in [1.54, 1.807) is 20.0 Å². The van der Waals surface area contributed by atoms with Crippen molar-refractivity contribution < 1.29 is 32.2 Å². The summed E-state index contributed by atoms with van der Waals surface area (Å²) in [5.41, 5.74) is 0.576. The Labute approximate surface area is 192 Å². The minimum Gasteiger partial charge on any atom is -0.441 e. The standard InChI is InChI=1S/C20H24F3N7O4/c1-9(2)24-20(31)34-13-8-33-17(16(13)21)11-4-14(29-28-11)27-19-26-12(18(22)23)5-15-25-10(7-32-3)6-30(15)19/h4-6,9,13,16-18H,7-8H2,1-3H3,(H,24,31)(H2,26,27,28,29)/t13-,16-,17-/m1/s1. The number of alkyl halides is 3. The lowest BCUT2D eigenvalue weighted by Gasteiger charge is -2.16. The molecule has 0 saturated carbocycles. The first-order chi connectivity index (χ1) is 16.2. The molecule has 3 atom stereocenters. The van der Waals surface area contributed by atoms with Crippen LogP contribution in [0.3, 0.4) is 0 Å². The van der Waals surface area contributed by atoms with E-state index in [1.165, 1.54) is 23.6 Å². The average molecular weight is 483 g/mol. The molecule has 4 heterocycles. The summed E-state index contributed by atoms with van der Waals surface area (Å²) in [6, 6.07) is 2.49. The monoisotopic (exact) mass is 483 g/mol. The lowest BCUT2D eigenvalue weighted by atomic mass is 10.1. The molecule has 1 amide bonds. The summed E-state index contributed by atoms with van der Waals surface area (Å²) < 4.78 is 58.7. The van der Waals surface area contributed by atoms with E-state index < -0.39 is 36.6 Å². The summed E-state index contributed by atoms with van der Waals surface area (Å²) in [7, 11) is 1.49. The number of nitrogens with zero attached hydrogens (tertiary/aromatic N) is 4. The molecule has 0 spiro atoms. The van der Waals surface area contributed by atoms with Crippen molar-refractivity contribution in [1.82, 2.24) is 29.9 Å². The van der Waals surface area contributed by atoms with Crippen LogP contribution < -0.4 is 10.6 Å². The first-order valence-electron chi connectivity index (χ1n) is 10.5. The van der Waals surface area contributed by atoms with Gasteiger partial charge in [0.1, 0.15) is 17.4 Å². The van der Waals surface area contributed by atoms with E-state index in [9.17, 15) is 18.0 Å². The van der Waals surface area contributed by atoms with Crippen molar-refractivity contribution in [3.63, 3.8) is 0 Å². The highest BCUT2D eigenvalue weighted by Crippen LogP contribution is 2.33. The van der Waals surface area contributed by atoms with Gasteiger partial charge in [-0.25, -0.2) is 27.9 Å². The van der Waals surface area contributed by atoms with Crippen molar-refractivity contribution in [3.05, 3.63) is 35.4 Å². The smallest absolute Gasteiger partial charge is 0.407 e. The van der Waals surface area contributed by atoms with Crippen molar-refractivity contribution in [2.75, 3.05) is 19.0 Å². The lowest BCUT2D eigenvalue weighted by molar-refractivity contribution is 0.0615. The van der Waals surface area contributed by atoms with Crippen molar-refractivity contribution in [1.29, 1.82) is 0 Å². The van der Waals surface area contributed by atoms with Gasteiger partial charge >= 0.3 is 6.09 Å². The van der Waals surface area contributed by atoms with Crippen molar-refractivity contribution in [2.24, 2.45) is 0 Å². The Kier molecular flexibility index (Phi) is 6.88. The highest BCUT2D eigenvalue weighted by Gasteiger charge is 2.42. The SMILES string of the molecule is COCc1cn2c(Nc3cc([C@H]4OC[C@@H](OC(=O)NC(C)C)[C@H]4F)[nH]n3)nc(C(F)F)cc2n1. The topological polar surface area (TPSA) is 128 Å². The molecule has 0 aliphatic carbocycles. The predicted octanol–water partition coefficient (Wildman–Crippen LogP) is 3.19. The fourth-order valence-electron chi connectivity index (χ4n) is 3.48. The molecule has 3 aromatic rings. The molecule has 1 aliphatic rings. The number of nitrogens with one attached hydrogen (secondary N) is 3. The molecular formula is C20H24F3N7O4. The normalized spacial score (nSPS) is 20.4. The third-order valence-corrected chi connectivity index (χ3v) is 4.93. The van der Waals surface area contributed by atoms with E-state index in [2.05, 4.69) is 30.8 Å². The van der Waals surface area contributed by atoms with Crippen molar-refractivity contribution in [3.8, 4) is 0 Å². The number of hydrogen-bond acceptors (Lipinski definition) is 8. The van der Waals surface area contributed by atoms with Crippen LogP contribution in [0.25, 0.3) is 5.65 Å². The van der Waals surface area contributed by atoms with Gasteiger partial charge in [-0.1, -0.05) is 0 Å². The molecule has 1 aliphatic heterocycles. The molecule has 0 aromatic carbocycles. The number of aromatic amines is 1. The number of hydrogen-bond donors (Lipinski definition) is 3. The maximum absolute atomic E-state index is 14.9. The molecule has 0 unspecified atom stereocenters. The quantitative estimate of drug-likeness (QED) is 0.446. The molecule has 0 bridgehead atoms. The van der Waals surface area contributed by atoms with Crippen molar-refractivity contribution >= 4 is 23.5 Å². The van der Waals surface area contributed by atoms with Crippen LogP contribution in [0.4, 0.5) is 29.7 Å². The van der Waals surface area contributed by atoms with Gasteiger partial charge in [-0.2, -0.15) is 5.10 Å². The first-order valence-corrected chi connectivity index (χ1v) is 10.5. The van der Waals surface area contributed by atoms with Gasteiger partial charge in [0, 0.05) is 31.5 Å². The Morgan fingerprint density at radius 1 is 1.35 bits per heavy atom. The van der Waals surface area contributed by atoms with Gasteiger partial charge in [-0.05, 0) is 13.8 Å². The number of anilines is 2. The number of methoxy groups -OCH3 is 1. The van der Waals surface area contributed by atoms with Gasteiger partial charge in [0.25, 0.3) is 6.43 Å². The number of aromatic nitrogens is 5. The number of carbonyl (C=O) groups excluding carboxylic acids is 1. The number of imidazole rings is 1. The van der Waals surface area contributed by atoms with Crippen LogP contribution in [0.1, 0.15) is 43.5 Å². The number of fused-ring (bicyclic) bond motifs is 1. The summed E-state index contributed by atoms with van der Waals surface area (Å²) in [6.45, 7) is 3.56. The van der Waals surface area contributed by atoms with Crippen LogP contribution in [0, 0.1) is 0 Å². The molecule has 4 rings (SSSR count). The van der Waals surface area contributed by atoms with Gasteiger partial charge in [0.2, 0.25) is 5.95 Å². The van der Waals surface area contributed by atoms with Gasteiger partial charge in [0.05, 0.1) is 24.6 Å². The fourth-order valence-corrected chi connectivity index (χ4v) is 3.48. The second-order valence-corrected chi connectivity index (χ2v) is 7.97.